The maximum absolute atomic E-state index is 12.2. The third-order valence-corrected chi connectivity index (χ3v) is 3.81. The topological polar surface area (TPSA) is 125 Å². The van der Waals surface area contributed by atoms with Gasteiger partial charge in [-0.2, -0.15) is 0 Å². The number of nitrogens with zero attached hydrogens (tertiary/aromatic N) is 1. The molecule has 0 aliphatic rings. The molecular formula is C17H16ClN3O5. The van der Waals surface area contributed by atoms with Crippen LogP contribution in [0.1, 0.15) is 22.8 Å². The molecule has 136 valence electrons. The molecule has 0 saturated carbocycles. The number of anilines is 2. The van der Waals surface area contributed by atoms with E-state index in [1.165, 1.54) is 19.1 Å². The van der Waals surface area contributed by atoms with Gasteiger partial charge in [-0.15, -0.1) is 0 Å². The van der Waals surface area contributed by atoms with Crippen molar-refractivity contribution < 1.29 is 19.2 Å². The molecule has 3 N–H and O–H groups in total. The summed E-state index contributed by atoms with van der Waals surface area (Å²) in [6.45, 7) is 3.16. The van der Waals surface area contributed by atoms with Gasteiger partial charge in [-0.25, -0.2) is 4.79 Å². The summed E-state index contributed by atoms with van der Waals surface area (Å²) in [5.41, 5.74) is 6.45. The molecule has 9 heteroatoms. The smallest absolute Gasteiger partial charge is 0.341 e. The maximum atomic E-state index is 12.2. The van der Waals surface area contributed by atoms with Gasteiger partial charge in [-0.3, -0.25) is 14.9 Å². The largest absolute Gasteiger partial charge is 0.449 e. The van der Waals surface area contributed by atoms with E-state index < -0.39 is 22.9 Å². The summed E-state index contributed by atoms with van der Waals surface area (Å²) in [4.78, 5) is 34.6. The lowest BCUT2D eigenvalue weighted by Crippen LogP contribution is -2.30. The molecule has 0 heterocycles. The van der Waals surface area contributed by atoms with Crippen LogP contribution in [0.2, 0.25) is 5.02 Å². The number of nitrogen functional groups attached to an aromatic ring is 1. The van der Waals surface area contributed by atoms with Gasteiger partial charge >= 0.3 is 5.97 Å². The lowest BCUT2D eigenvalue weighted by atomic mass is 10.1. The number of hydrogen-bond donors (Lipinski definition) is 2. The Bertz CT molecular complexity index is 885. The van der Waals surface area contributed by atoms with E-state index in [1.54, 1.807) is 25.1 Å². The van der Waals surface area contributed by atoms with Crippen LogP contribution in [-0.4, -0.2) is 22.9 Å². The maximum Gasteiger partial charge on any atom is 0.341 e. The van der Waals surface area contributed by atoms with E-state index >= 15 is 0 Å². The molecule has 26 heavy (non-hydrogen) atoms. The first-order valence-corrected chi connectivity index (χ1v) is 7.88. The number of halogens is 1. The number of nitro benzene ring substituents is 1. The molecule has 0 unspecified atom stereocenters. The van der Waals surface area contributed by atoms with Crippen LogP contribution in [0.25, 0.3) is 0 Å². The van der Waals surface area contributed by atoms with Crippen molar-refractivity contribution in [2.24, 2.45) is 0 Å². The summed E-state index contributed by atoms with van der Waals surface area (Å²) < 4.78 is 5.07. The van der Waals surface area contributed by atoms with Gasteiger partial charge in [0.2, 0.25) is 0 Å². The van der Waals surface area contributed by atoms with E-state index in [4.69, 9.17) is 22.1 Å². The highest BCUT2D eigenvalue weighted by atomic mass is 35.5. The van der Waals surface area contributed by atoms with Crippen LogP contribution in [0.4, 0.5) is 17.1 Å². The molecule has 0 aliphatic carbocycles. The number of carbonyl (C=O) groups is 2. The second-order valence-electron chi connectivity index (χ2n) is 5.52. The average Bonchev–Trinajstić information content (AvgIpc) is 2.58. The molecule has 0 fully saturated rings. The molecule has 8 nitrogen and oxygen atoms in total. The summed E-state index contributed by atoms with van der Waals surface area (Å²) in [6, 6.07) is 8.39. The number of aryl methyl sites for hydroxylation is 1. The minimum absolute atomic E-state index is 0.0129. The van der Waals surface area contributed by atoms with Gasteiger partial charge in [0.1, 0.15) is 0 Å². The van der Waals surface area contributed by atoms with Crippen LogP contribution in [0.5, 0.6) is 0 Å². The molecule has 1 amide bonds. The predicted molar refractivity (Wildman–Crippen MR) is 97.2 cm³/mol. The first kappa shape index (κ1) is 19.2. The van der Waals surface area contributed by atoms with E-state index in [1.807, 2.05) is 0 Å². The Morgan fingerprint density at radius 2 is 1.96 bits per heavy atom. The Labute approximate surface area is 154 Å². The number of carbonyl (C=O) groups excluding carboxylic acids is 2. The number of nitrogens with two attached hydrogens (primary N) is 1. The molecule has 0 aromatic heterocycles. The number of rotatable bonds is 5. The van der Waals surface area contributed by atoms with Gasteiger partial charge in [0, 0.05) is 28.5 Å². The zero-order chi connectivity index (χ0) is 19.4. The zero-order valence-electron chi connectivity index (χ0n) is 14.0. The number of amides is 1. The van der Waals surface area contributed by atoms with E-state index in [9.17, 15) is 19.7 Å². The van der Waals surface area contributed by atoms with Crippen molar-refractivity contribution in [3.63, 3.8) is 0 Å². The molecule has 0 spiro atoms. The summed E-state index contributed by atoms with van der Waals surface area (Å²) in [6.07, 6.45) is -1.15. The van der Waals surface area contributed by atoms with Crippen molar-refractivity contribution in [1.82, 2.24) is 0 Å². The first-order valence-electron chi connectivity index (χ1n) is 7.51. The number of nitro groups is 1. The van der Waals surface area contributed by atoms with E-state index in [0.717, 1.165) is 11.6 Å². The van der Waals surface area contributed by atoms with Crippen molar-refractivity contribution in [1.29, 1.82) is 0 Å². The van der Waals surface area contributed by atoms with Crippen molar-refractivity contribution in [3.05, 3.63) is 62.7 Å². The molecule has 0 bridgehead atoms. The van der Waals surface area contributed by atoms with Crippen molar-refractivity contribution in [2.75, 3.05) is 11.1 Å². The van der Waals surface area contributed by atoms with Crippen LogP contribution in [-0.2, 0) is 9.53 Å². The second kappa shape index (κ2) is 7.83. The highest BCUT2D eigenvalue weighted by Gasteiger charge is 2.22. The fourth-order valence-corrected chi connectivity index (χ4v) is 2.25. The Hall–Kier alpha value is -3.13. The van der Waals surface area contributed by atoms with Gasteiger partial charge < -0.3 is 15.8 Å². The number of esters is 1. The standard InChI is InChI=1S/C17H16ClN3O5/c1-9-3-4-11(18)7-15(9)20-16(22)10(2)26-17(23)13-8-12(21(24)25)5-6-14(13)19/h3-8,10H,19H2,1-2H3,(H,20,22)/t10-/m0/s1. The van der Waals surface area contributed by atoms with Gasteiger partial charge in [0.05, 0.1) is 10.5 Å². The van der Waals surface area contributed by atoms with Crippen molar-refractivity contribution in [2.45, 2.75) is 20.0 Å². The molecule has 0 aliphatic heterocycles. The van der Waals surface area contributed by atoms with Gasteiger partial charge in [-0.1, -0.05) is 17.7 Å². The number of ether oxygens (including phenoxy) is 1. The lowest BCUT2D eigenvalue weighted by Gasteiger charge is -2.15. The Morgan fingerprint density at radius 1 is 1.27 bits per heavy atom. The SMILES string of the molecule is Cc1ccc(Cl)cc1NC(=O)[C@H](C)OC(=O)c1cc([N+](=O)[O-])ccc1N. The molecular weight excluding hydrogens is 362 g/mol. The van der Waals surface area contributed by atoms with Gasteiger partial charge in [-0.05, 0) is 37.6 Å². The van der Waals surface area contributed by atoms with Gasteiger partial charge in [0.15, 0.2) is 6.10 Å². The molecule has 0 radical (unpaired) electrons. The Balaban J connectivity index is 2.11. The lowest BCUT2D eigenvalue weighted by molar-refractivity contribution is -0.384. The Morgan fingerprint density at radius 3 is 2.62 bits per heavy atom. The number of nitrogens with one attached hydrogen (secondary N) is 1. The molecule has 2 aromatic rings. The van der Waals surface area contributed by atoms with Crippen LogP contribution in [0.15, 0.2) is 36.4 Å². The molecule has 0 saturated heterocycles. The summed E-state index contributed by atoms with van der Waals surface area (Å²) in [7, 11) is 0. The van der Waals surface area contributed by atoms with Gasteiger partial charge in [0.25, 0.3) is 11.6 Å². The molecule has 1 atom stereocenters. The normalized spacial score (nSPS) is 11.5. The summed E-state index contributed by atoms with van der Waals surface area (Å²) in [5.74, 6) is -1.51. The van der Waals surface area contributed by atoms with Crippen molar-refractivity contribution >= 4 is 40.5 Å². The van der Waals surface area contributed by atoms with Crippen LogP contribution in [0, 0.1) is 17.0 Å². The average molecular weight is 378 g/mol. The predicted octanol–water partition coefficient (Wildman–Crippen LogP) is 3.32. The monoisotopic (exact) mass is 377 g/mol. The summed E-state index contributed by atoms with van der Waals surface area (Å²) in [5, 5.41) is 13.9. The van der Waals surface area contributed by atoms with Crippen LogP contribution in [0.3, 0.4) is 0 Å². The molecule has 2 rings (SSSR count). The minimum Gasteiger partial charge on any atom is -0.449 e. The van der Waals surface area contributed by atoms with Crippen molar-refractivity contribution in [3.8, 4) is 0 Å². The highest BCUT2D eigenvalue weighted by molar-refractivity contribution is 6.31. The van der Waals surface area contributed by atoms with Crippen LogP contribution < -0.4 is 11.1 Å². The highest BCUT2D eigenvalue weighted by Crippen LogP contribution is 2.22. The first-order chi connectivity index (χ1) is 12.2. The zero-order valence-corrected chi connectivity index (χ0v) is 14.7. The van der Waals surface area contributed by atoms with Crippen LogP contribution >= 0.6 is 11.6 Å². The van der Waals surface area contributed by atoms with E-state index in [-0.39, 0.29) is 16.9 Å². The Kier molecular flexibility index (Phi) is 5.78. The third-order valence-electron chi connectivity index (χ3n) is 3.58. The van der Waals surface area contributed by atoms with E-state index in [0.29, 0.717) is 10.7 Å². The number of benzene rings is 2. The summed E-state index contributed by atoms with van der Waals surface area (Å²) >= 11 is 5.90. The third kappa shape index (κ3) is 4.48. The molecule has 2 aromatic carbocycles. The minimum atomic E-state index is -1.15. The fourth-order valence-electron chi connectivity index (χ4n) is 2.08. The number of non-ortho nitro benzene ring substituents is 1. The quantitative estimate of drug-likeness (QED) is 0.356. The second-order valence-corrected chi connectivity index (χ2v) is 5.96. The number of hydrogen-bond acceptors (Lipinski definition) is 6. The van der Waals surface area contributed by atoms with E-state index in [2.05, 4.69) is 5.32 Å². The fraction of sp³-hybridized carbons (Fsp3) is 0.176.